The summed E-state index contributed by atoms with van der Waals surface area (Å²) in [5.74, 6) is 0.414. The van der Waals surface area contributed by atoms with Gasteiger partial charge >= 0.3 is 0 Å². The van der Waals surface area contributed by atoms with Crippen LogP contribution in [0.15, 0.2) is 40.6 Å². The van der Waals surface area contributed by atoms with E-state index >= 15 is 0 Å². The Morgan fingerprint density at radius 3 is 2.47 bits per heavy atom. The van der Waals surface area contributed by atoms with Crippen LogP contribution < -0.4 is 0 Å². The van der Waals surface area contributed by atoms with E-state index in [4.69, 9.17) is 9.47 Å². The van der Waals surface area contributed by atoms with Gasteiger partial charge in [0.2, 0.25) is 6.29 Å². The number of carbonyl (C=O) groups is 1. The Hall–Kier alpha value is -1.41. The lowest BCUT2D eigenvalue weighted by Crippen LogP contribution is -2.49. The van der Waals surface area contributed by atoms with Gasteiger partial charge in [0, 0.05) is 48.7 Å². The number of aliphatic hydroxyl groups is 1. The van der Waals surface area contributed by atoms with E-state index in [0.717, 1.165) is 42.4 Å². The molecule has 0 radical (unpaired) electrons. The third kappa shape index (κ3) is 6.23. The highest BCUT2D eigenvalue weighted by Gasteiger charge is 2.39. The van der Waals surface area contributed by atoms with Gasteiger partial charge in [0.15, 0.2) is 5.76 Å². The van der Waals surface area contributed by atoms with Crippen LogP contribution in [0.1, 0.15) is 63.4 Å². The average Bonchev–Trinajstić information content (AvgIpc) is 2.88. The fourth-order valence-corrected chi connectivity index (χ4v) is 5.96. The summed E-state index contributed by atoms with van der Waals surface area (Å²) in [4.78, 5) is 18.1. The number of likely N-dealkylation sites (tertiary alicyclic amines) is 2. The maximum Gasteiger partial charge on any atom is 0.288 e. The van der Waals surface area contributed by atoms with Crippen molar-refractivity contribution >= 4 is 21.8 Å². The van der Waals surface area contributed by atoms with Gasteiger partial charge in [-0.15, -0.1) is 0 Å². The first-order valence-electron chi connectivity index (χ1n) is 13.0. The standard InChI is InChI=1S/C27H39BrN2O4/c1-2-33-27-23(7-6-18-31)24(20-8-10-21(28)11-9-20)19-25(34-27)26(32)30-16-12-22(13-17-30)29-14-4-3-5-15-29/h8-11,19,22-24,27,31H,2-7,12-18H2,1H3/t23-,24-,27-/m1/s1. The summed E-state index contributed by atoms with van der Waals surface area (Å²) >= 11 is 3.52. The topological polar surface area (TPSA) is 62.2 Å². The molecule has 1 aromatic rings. The molecule has 0 aromatic heterocycles. The van der Waals surface area contributed by atoms with E-state index in [2.05, 4.69) is 33.0 Å². The predicted octanol–water partition coefficient (Wildman–Crippen LogP) is 4.68. The van der Waals surface area contributed by atoms with E-state index in [0.29, 0.717) is 24.8 Å². The van der Waals surface area contributed by atoms with Crippen molar-refractivity contribution in [1.29, 1.82) is 0 Å². The molecule has 1 amide bonds. The fraction of sp³-hybridized carbons (Fsp3) is 0.667. The molecule has 0 unspecified atom stereocenters. The molecule has 0 spiro atoms. The first-order valence-corrected chi connectivity index (χ1v) is 13.8. The largest absolute Gasteiger partial charge is 0.459 e. The maximum atomic E-state index is 13.6. The summed E-state index contributed by atoms with van der Waals surface area (Å²) in [6, 6.07) is 8.85. The second kappa shape index (κ2) is 12.5. The predicted molar refractivity (Wildman–Crippen MR) is 136 cm³/mol. The van der Waals surface area contributed by atoms with Gasteiger partial charge in [-0.25, -0.2) is 0 Å². The van der Waals surface area contributed by atoms with Gasteiger partial charge in [0.1, 0.15) is 0 Å². The number of allylic oxidation sites excluding steroid dienone is 1. The zero-order chi connectivity index (χ0) is 23.9. The van der Waals surface area contributed by atoms with Crippen molar-refractivity contribution < 1.29 is 19.4 Å². The lowest BCUT2D eigenvalue weighted by Gasteiger charge is -2.41. The molecule has 3 atom stereocenters. The number of halogens is 1. The van der Waals surface area contributed by atoms with Gasteiger partial charge in [-0.3, -0.25) is 4.79 Å². The van der Waals surface area contributed by atoms with E-state index in [1.807, 2.05) is 30.0 Å². The molecule has 6 nitrogen and oxygen atoms in total. The third-order valence-corrected chi connectivity index (χ3v) is 8.06. The molecule has 3 aliphatic heterocycles. The molecule has 1 aromatic carbocycles. The maximum absolute atomic E-state index is 13.6. The number of amides is 1. The normalized spacial score (nSPS) is 26.7. The molecule has 2 saturated heterocycles. The molecule has 34 heavy (non-hydrogen) atoms. The first kappa shape index (κ1) is 25.7. The number of piperidine rings is 2. The Labute approximate surface area is 212 Å². The Bertz CT molecular complexity index is 816. The van der Waals surface area contributed by atoms with Crippen LogP contribution in [0.4, 0.5) is 0 Å². The van der Waals surface area contributed by atoms with Crippen LogP contribution in [0.2, 0.25) is 0 Å². The van der Waals surface area contributed by atoms with Crippen molar-refractivity contribution in [1.82, 2.24) is 9.80 Å². The Morgan fingerprint density at radius 2 is 1.82 bits per heavy atom. The van der Waals surface area contributed by atoms with Crippen molar-refractivity contribution in [2.24, 2.45) is 5.92 Å². The third-order valence-electron chi connectivity index (χ3n) is 7.54. The van der Waals surface area contributed by atoms with E-state index in [1.165, 1.54) is 32.4 Å². The van der Waals surface area contributed by atoms with Crippen molar-refractivity contribution in [3.63, 3.8) is 0 Å². The van der Waals surface area contributed by atoms with Crippen molar-refractivity contribution in [3.05, 3.63) is 46.1 Å². The first-order chi connectivity index (χ1) is 16.6. The monoisotopic (exact) mass is 534 g/mol. The summed E-state index contributed by atoms with van der Waals surface area (Å²) in [7, 11) is 0. The Kier molecular flexibility index (Phi) is 9.46. The molecule has 2 fully saturated rings. The molecular formula is C27H39BrN2O4. The minimum absolute atomic E-state index is 0.00483. The second-order valence-electron chi connectivity index (χ2n) is 9.70. The summed E-state index contributed by atoms with van der Waals surface area (Å²) in [6.07, 6.45) is 8.94. The summed E-state index contributed by atoms with van der Waals surface area (Å²) in [6.45, 7) is 6.54. The number of aliphatic hydroxyl groups excluding tert-OH is 1. The summed E-state index contributed by atoms with van der Waals surface area (Å²) < 4.78 is 13.2. The van der Waals surface area contributed by atoms with E-state index in [-0.39, 0.29) is 24.3 Å². The number of ether oxygens (including phenoxy) is 2. The lowest BCUT2D eigenvalue weighted by molar-refractivity contribution is -0.171. The molecule has 7 heteroatoms. The van der Waals surface area contributed by atoms with Gasteiger partial charge in [-0.2, -0.15) is 0 Å². The number of rotatable bonds is 8. The van der Waals surface area contributed by atoms with Gasteiger partial charge in [0.25, 0.3) is 5.91 Å². The lowest BCUT2D eigenvalue weighted by atomic mass is 9.80. The minimum atomic E-state index is -0.500. The van der Waals surface area contributed by atoms with Crippen LogP contribution in [0.3, 0.4) is 0 Å². The molecular weight excluding hydrogens is 496 g/mol. The quantitative estimate of drug-likeness (QED) is 0.524. The SMILES string of the molecule is CCO[C@@H]1OC(C(=O)N2CCC(N3CCCCC3)CC2)=C[C@H](c2ccc(Br)cc2)[C@H]1CCCO. The molecule has 0 aliphatic carbocycles. The Morgan fingerprint density at radius 1 is 1.12 bits per heavy atom. The van der Waals surface area contributed by atoms with E-state index in [9.17, 15) is 9.90 Å². The number of hydrogen-bond acceptors (Lipinski definition) is 5. The second-order valence-corrected chi connectivity index (χ2v) is 10.6. The minimum Gasteiger partial charge on any atom is -0.459 e. The van der Waals surface area contributed by atoms with Crippen molar-refractivity contribution in [3.8, 4) is 0 Å². The van der Waals surface area contributed by atoms with Crippen LogP contribution in [-0.2, 0) is 14.3 Å². The van der Waals surface area contributed by atoms with Gasteiger partial charge in [0.05, 0.1) is 0 Å². The van der Waals surface area contributed by atoms with E-state index in [1.54, 1.807) is 0 Å². The molecule has 3 heterocycles. The van der Waals surface area contributed by atoms with Crippen LogP contribution in [-0.4, -0.2) is 72.5 Å². The Balaban J connectivity index is 1.51. The highest BCUT2D eigenvalue weighted by molar-refractivity contribution is 9.10. The molecule has 0 saturated carbocycles. The van der Waals surface area contributed by atoms with Crippen LogP contribution in [0.5, 0.6) is 0 Å². The van der Waals surface area contributed by atoms with Crippen molar-refractivity contribution in [2.45, 2.75) is 70.1 Å². The highest BCUT2D eigenvalue weighted by Crippen LogP contribution is 2.40. The zero-order valence-corrected chi connectivity index (χ0v) is 21.9. The van der Waals surface area contributed by atoms with E-state index < -0.39 is 6.29 Å². The number of benzene rings is 1. The van der Waals surface area contributed by atoms with Gasteiger partial charge in [-0.1, -0.05) is 34.5 Å². The van der Waals surface area contributed by atoms with Crippen LogP contribution in [0, 0.1) is 5.92 Å². The number of carbonyl (C=O) groups excluding carboxylic acids is 1. The van der Waals surface area contributed by atoms with Crippen molar-refractivity contribution in [2.75, 3.05) is 39.4 Å². The number of nitrogens with zero attached hydrogens (tertiary/aromatic N) is 2. The van der Waals surface area contributed by atoms with Gasteiger partial charge < -0.3 is 24.4 Å². The highest BCUT2D eigenvalue weighted by atomic mass is 79.9. The molecule has 0 bridgehead atoms. The summed E-state index contributed by atoms with van der Waals surface area (Å²) in [5.41, 5.74) is 1.13. The molecule has 1 N–H and O–H groups in total. The summed E-state index contributed by atoms with van der Waals surface area (Å²) in [5, 5.41) is 9.46. The van der Waals surface area contributed by atoms with Gasteiger partial charge in [-0.05, 0) is 82.3 Å². The molecule has 3 aliphatic rings. The number of hydrogen-bond donors (Lipinski definition) is 1. The van der Waals surface area contributed by atoms with Crippen LogP contribution in [0.25, 0.3) is 0 Å². The fourth-order valence-electron chi connectivity index (χ4n) is 5.70. The average molecular weight is 536 g/mol. The zero-order valence-electron chi connectivity index (χ0n) is 20.3. The molecule has 188 valence electrons. The smallest absolute Gasteiger partial charge is 0.288 e. The molecule has 4 rings (SSSR count). The van der Waals surface area contributed by atoms with Crippen LogP contribution >= 0.6 is 15.9 Å².